The Bertz CT molecular complexity index is 382. The average Bonchev–Trinajstić information content (AvgIpc) is 2.64. The summed E-state index contributed by atoms with van der Waals surface area (Å²) in [6.45, 7) is 4.85. The molecule has 90 valence electrons. The highest BCUT2D eigenvalue weighted by Gasteiger charge is 2.17. The summed E-state index contributed by atoms with van der Waals surface area (Å²) in [5.41, 5.74) is 0. The van der Waals surface area contributed by atoms with E-state index in [9.17, 15) is 0 Å². The van der Waals surface area contributed by atoms with E-state index in [2.05, 4.69) is 17.1 Å². The van der Waals surface area contributed by atoms with Crippen LogP contribution >= 0.6 is 12.2 Å². The fraction of sp³-hybridized carbons (Fsp3) is 0.800. The first-order valence-corrected chi connectivity index (χ1v) is 6.05. The number of nitrogens with one attached hydrogen (secondary N) is 1. The molecule has 0 radical (unpaired) electrons. The third-order valence-electron chi connectivity index (χ3n) is 2.58. The molecule has 1 aliphatic rings. The SMILES string of the molecule is CCCc1n[nH]c(=S)n1CC1COCCO1. The quantitative estimate of drug-likeness (QED) is 0.810. The third-order valence-corrected chi connectivity index (χ3v) is 2.89. The molecule has 1 aromatic rings. The topological polar surface area (TPSA) is 52.1 Å². The van der Waals surface area contributed by atoms with Gasteiger partial charge in [0, 0.05) is 6.42 Å². The van der Waals surface area contributed by atoms with Gasteiger partial charge in [-0.15, -0.1) is 0 Å². The number of hydrogen-bond acceptors (Lipinski definition) is 4. The van der Waals surface area contributed by atoms with Crippen molar-refractivity contribution in [1.29, 1.82) is 0 Å². The van der Waals surface area contributed by atoms with E-state index < -0.39 is 0 Å². The number of nitrogens with zero attached hydrogens (tertiary/aromatic N) is 2. The van der Waals surface area contributed by atoms with Gasteiger partial charge in [-0.05, 0) is 18.6 Å². The van der Waals surface area contributed by atoms with Gasteiger partial charge in [0.2, 0.25) is 0 Å². The number of hydrogen-bond donors (Lipinski definition) is 1. The summed E-state index contributed by atoms with van der Waals surface area (Å²) >= 11 is 5.20. The normalized spacial score (nSPS) is 21.2. The molecule has 16 heavy (non-hydrogen) atoms. The molecule has 0 aromatic carbocycles. The second-order valence-electron chi connectivity index (χ2n) is 3.87. The van der Waals surface area contributed by atoms with E-state index in [0.29, 0.717) is 24.6 Å². The predicted octanol–water partition coefficient (Wildman–Crippen LogP) is 1.31. The number of aryl methyl sites for hydroxylation is 1. The Morgan fingerprint density at radius 3 is 3.12 bits per heavy atom. The maximum Gasteiger partial charge on any atom is 0.195 e. The predicted molar refractivity (Wildman–Crippen MR) is 62.0 cm³/mol. The van der Waals surface area contributed by atoms with Crippen molar-refractivity contribution in [3.05, 3.63) is 10.6 Å². The van der Waals surface area contributed by atoms with Gasteiger partial charge in [-0.1, -0.05) is 6.92 Å². The van der Waals surface area contributed by atoms with Crippen molar-refractivity contribution in [3.63, 3.8) is 0 Å². The van der Waals surface area contributed by atoms with E-state index >= 15 is 0 Å². The van der Waals surface area contributed by atoms with Gasteiger partial charge < -0.3 is 14.0 Å². The lowest BCUT2D eigenvalue weighted by atomic mass is 10.3. The standard InChI is InChI=1S/C10H17N3O2S/c1-2-3-9-11-12-10(16)13(9)6-8-7-14-4-5-15-8/h8H,2-7H2,1H3,(H,12,16). The zero-order valence-corrected chi connectivity index (χ0v) is 10.3. The number of ether oxygens (including phenoxy) is 2. The molecule has 1 aromatic heterocycles. The highest BCUT2D eigenvalue weighted by Crippen LogP contribution is 2.08. The van der Waals surface area contributed by atoms with Crippen LogP contribution in [-0.2, 0) is 22.4 Å². The molecule has 0 bridgehead atoms. The van der Waals surface area contributed by atoms with Crippen molar-refractivity contribution >= 4 is 12.2 Å². The van der Waals surface area contributed by atoms with Crippen molar-refractivity contribution in [3.8, 4) is 0 Å². The van der Waals surface area contributed by atoms with Gasteiger partial charge in [0.1, 0.15) is 5.82 Å². The summed E-state index contributed by atoms with van der Waals surface area (Å²) in [4.78, 5) is 0. The van der Waals surface area contributed by atoms with Crippen LogP contribution in [0.15, 0.2) is 0 Å². The van der Waals surface area contributed by atoms with Gasteiger partial charge in [-0.25, -0.2) is 0 Å². The van der Waals surface area contributed by atoms with Crippen LogP contribution in [0.1, 0.15) is 19.2 Å². The molecular formula is C10H17N3O2S. The molecule has 2 heterocycles. The van der Waals surface area contributed by atoms with Gasteiger partial charge >= 0.3 is 0 Å². The summed E-state index contributed by atoms with van der Waals surface area (Å²) in [5, 5.41) is 7.05. The highest BCUT2D eigenvalue weighted by molar-refractivity contribution is 7.71. The summed E-state index contributed by atoms with van der Waals surface area (Å²) in [5.74, 6) is 1.00. The van der Waals surface area contributed by atoms with Crippen LogP contribution in [-0.4, -0.2) is 40.7 Å². The molecule has 6 heteroatoms. The zero-order valence-electron chi connectivity index (χ0n) is 9.44. The van der Waals surface area contributed by atoms with Crippen LogP contribution in [0.25, 0.3) is 0 Å². The van der Waals surface area contributed by atoms with Crippen LogP contribution < -0.4 is 0 Å². The maximum atomic E-state index is 5.61. The minimum absolute atomic E-state index is 0.0913. The Balaban J connectivity index is 2.06. The monoisotopic (exact) mass is 243 g/mol. The van der Waals surface area contributed by atoms with E-state index in [0.717, 1.165) is 25.2 Å². The summed E-state index contributed by atoms with van der Waals surface area (Å²) < 4.78 is 13.6. The molecule has 2 rings (SSSR count). The van der Waals surface area contributed by atoms with E-state index in [1.165, 1.54) is 0 Å². The summed E-state index contributed by atoms with van der Waals surface area (Å²) in [7, 11) is 0. The minimum Gasteiger partial charge on any atom is -0.376 e. The Kier molecular flexibility index (Phi) is 4.09. The Hall–Kier alpha value is -0.720. The fourth-order valence-electron chi connectivity index (χ4n) is 1.80. The second-order valence-corrected chi connectivity index (χ2v) is 4.26. The van der Waals surface area contributed by atoms with Crippen LogP contribution in [0, 0.1) is 4.77 Å². The number of aromatic nitrogens is 3. The van der Waals surface area contributed by atoms with Gasteiger partial charge in [0.25, 0.3) is 0 Å². The molecule has 0 amide bonds. The summed E-state index contributed by atoms with van der Waals surface area (Å²) in [6, 6.07) is 0. The van der Waals surface area contributed by atoms with E-state index in [1.807, 2.05) is 4.57 Å². The largest absolute Gasteiger partial charge is 0.376 e. The first-order valence-electron chi connectivity index (χ1n) is 5.64. The molecule has 0 aliphatic carbocycles. The first kappa shape index (κ1) is 11.8. The summed E-state index contributed by atoms with van der Waals surface area (Å²) in [6.07, 6.45) is 2.08. The molecule has 0 saturated carbocycles. The number of rotatable bonds is 4. The van der Waals surface area contributed by atoms with Crippen LogP contribution in [0.3, 0.4) is 0 Å². The molecule has 5 nitrogen and oxygen atoms in total. The molecule has 1 N–H and O–H groups in total. The number of H-pyrrole nitrogens is 1. The number of aromatic amines is 1. The van der Waals surface area contributed by atoms with Gasteiger partial charge in [-0.3, -0.25) is 5.10 Å². The lowest BCUT2D eigenvalue weighted by Gasteiger charge is -2.23. The molecule has 0 spiro atoms. The highest BCUT2D eigenvalue weighted by atomic mass is 32.1. The third kappa shape index (κ3) is 2.69. The van der Waals surface area contributed by atoms with E-state index in [4.69, 9.17) is 21.7 Å². The van der Waals surface area contributed by atoms with Gasteiger partial charge in [0.05, 0.1) is 32.5 Å². The van der Waals surface area contributed by atoms with Gasteiger partial charge in [0.15, 0.2) is 4.77 Å². The first-order chi connectivity index (χ1) is 7.81. The molecule has 1 atom stereocenters. The molecule has 1 saturated heterocycles. The van der Waals surface area contributed by atoms with E-state index in [1.54, 1.807) is 0 Å². The zero-order chi connectivity index (χ0) is 11.4. The fourth-order valence-corrected chi connectivity index (χ4v) is 2.02. The molecular weight excluding hydrogens is 226 g/mol. The molecule has 1 aliphatic heterocycles. The molecule has 1 unspecified atom stereocenters. The Morgan fingerprint density at radius 1 is 1.56 bits per heavy atom. The van der Waals surface area contributed by atoms with Crippen molar-refractivity contribution in [1.82, 2.24) is 14.8 Å². The minimum atomic E-state index is 0.0913. The van der Waals surface area contributed by atoms with Crippen LogP contribution in [0.4, 0.5) is 0 Å². The Morgan fingerprint density at radius 2 is 2.44 bits per heavy atom. The average molecular weight is 243 g/mol. The lowest BCUT2D eigenvalue weighted by Crippen LogP contribution is -2.32. The van der Waals surface area contributed by atoms with Crippen molar-refractivity contribution in [2.24, 2.45) is 0 Å². The smallest absolute Gasteiger partial charge is 0.195 e. The second kappa shape index (κ2) is 5.56. The van der Waals surface area contributed by atoms with Crippen LogP contribution in [0.2, 0.25) is 0 Å². The van der Waals surface area contributed by atoms with E-state index in [-0.39, 0.29) is 6.10 Å². The Labute approximate surface area is 99.8 Å². The molecule has 1 fully saturated rings. The van der Waals surface area contributed by atoms with Crippen molar-refractivity contribution in [2.75, 3.05) is 19.8 Å². The lowest BCUT2D eigenvalue weighted by molar-refractivity contribution is -0.0939. The van der Waals surface area contributed by atoms with Crippen molar-refractivity contribution < 1.29 is 9.47 Å². The van der Waals surface area contributed by atoms with Crippen molar-refractivity contribution in [2.45, 2.75) is 32.4 Å². The van der Waals surface area contributed by atoms with Gasteiger partial charge in [-0.2, -0.15) is 5.10 Å². The van der Waals surface area contributed by atoms with Crippen LogP contribution in [0.5, 0.6) is 0 Å². The maximum absolute atomic E-state index is 5.61.